The van der Waals surface area contributed by atoms with E-state index in [1.54, 1.807) is 32.1 Å². The maximum atomic E-state index is 13.3. The summed E-state index contributed by atoms with van der Waals surface area (Å²) in [5.41, 5.74) is 0.141. The first kappa shape index (κ1) is 29.9. The molecule has 0 spiro atoms. The molecule has 37 heavy (non-hydrogen) atoms. The molecule has 9 heteroatoms. The van der Waals surface area contributed by atoms with Crippen LogP contribution in [0.15, 0.2) is 11.0 Å². The fourth-order valence-corrected chi connectivity index (χ4v) is 6.01. The van der Waals surface area contributed by atoms with E-state index in [1.165, 1.54) is 0 Å². The molecule has 0 bridgehead atoms. The van der Waals surface area contributed by atoms with E-state index in [1.807, 2.05) is 32.4 Å². The predicted octanol–water partition coefficient (Wildman–Crippen LogP) is 3.89. The summed E-state index contributed by atoms with van der Waals surface area (Å²) in [5.74, 6) is -1.57. The maximum absolute atomic E-state index is 13.3. The first-order chi connectivity index (χ1) is 17.3. The van der Waals surface area contributed by atoms with Crippen LogP contribution < -0.4 is 5.32 Å². The topological polar surface area (TPSA) is 121 Å². The quantitative estimate of drug-likeness (QED) is 0.392. The Hall–Kier alpha value is -1.65. The van der Waals surface area contributed by atoms with Gasteiger partial charge in [-0.15, -0.1) is 11.3 Å². The molecule has 2 aliphatic rings. The molecule has 2 aliphatic heterocycles. The van der Waals surface area contributed by atoms with Gasteiger partial charge in [-0.25, -0.2) is 4.98 Å². The van der Waals surface area contributed by atoms with Crippen LogP contribution in [0.3, 0.4) is 0 Å². The number of epoxide rings is 1. The normalized spacial score (nSPS) is 36.1. The first-order valence-corrected chi connectivity index (χ1v) is 14.2. The summed E-state index contributed by atoms with van der Waals surface area (Å²) in [6.07, 6.45) is 1.92. The third-order valence-corrected chi connectivity index (χ3v) is 9.05. The maximum Gasteiger partial charge on any atom is 0.309 e. The van der Waals surface area contributed by atoms with E-state index >= 15 is 0 Å². The average Bonchev–Trinajstić information content (AvgIpc) is 3.24. The molecule has 0 radical (unpaired) electrons. The summed E-state index contributed by atoms with van der Waals surface area (Å²) in [5, 5.41) is 27.8. The first-order valence-electron chi connectivity index (χ1n) is 13.3. The van der Waals surface area contributed by atoms with Gasteiger partial charge >= 0.3 is 5.97 Å². The lowest BCUT2D eigenvalue weighted by atomic mass is 9.73. The van der Waals surface area contributed by atoms with Crippen molar-refractivity contribution >= 4 is 29.2 Å². The molecule has 2 fully saturated rings. The molecule has 1 aromatic rings. The summed E-state index contributed by atoms with van der Waals surface area (Å²) in [4.78, 5) is 30.9. The number of ketones is 1. The number of fused-ring (bicyclic) bond motifs is 1. The van der Waals surface area contributed by atoms with Crippen LogP contribution in [0.25, 0.3) is 6.08 Å². The molecule has 8 nitrogen and oxygen atoms in total. The number of carbonyl (C=O) groups is 2. The van der Waals surface area contributed by atoms with Crippen molar-refractivity contribution < 1.29 is 29.3 Å². The van der Waals surface area contributed by atoms with Crippen molar-refractivity contribution in [2.24, 2.45) is 17.3 Å². The van der Waals surface area contributed by atoms with Crippen molar-refractivity contribution in [1.29, 1.82) is 0 Å². The summed E-state index contributed by atoms with van der Waals surface area (Å²) in [6.45, 7) is 11.6. The lowest BCUT2D eigenvalue weighted by Crippen LogP contribution is -2.45. The van der Waals surface area contributed by atoms with Crippen molar-refractivity contribution in [3.8, 4) is 0 Å². The van der Waals surface area contributed by atoms with Gasteiger partial charge in [0, 0.05) is 24.3 Å². The van der Waals surface area contributed by atoms with Crippen LogP contribution in [-0.2, 0) is 25.6 Å². The minimum Gasteiger partial charge on any atom is -0.458 e. The molecule has 0 amide bonds. The molecular weight excluding hydrogens is 492 g/mol. The number of hydrogen-bond donors (Lipinski definition) is 3. The Labute approximate surface area is 224 Å². The van der Waals surface area contributed by atoms with Gasteiger partial charge in [0.1, 0.15) is 16.9 Å². The van der Waals surface area contributed by atoms with E-state index in [0.717, 1.165) is 35.5 Å². The second kappa shape index (κ2) is 12.0. The molecule has 0 saturated carbocycles. The van der Waals surface area contributed by atoms with Gasteiger partial charge in [-0.2, -0.15) is 0 Å². The number of ether oxygens (including phenoxy) is 2. The fraction of sp³-hybridized carbons (Fsp3) is 0.750. The highest BCUT2D eigenvalue weighted by molar-refractivity contribution is 7.09. The van der Waals surface area contributed by atoms with Crippen molar-refractivity contribution in [1.82, 2.24) is 10.3 Å². The highest BCUT2D eigenvalue weighted by atomic mass is 32.1. The number of nitrogens with zero attached hydrogens (tertiary/aromatic N) is 1. The number of cyclic esters (lactones) is 1. The second-order valence-electron chi connectivity index (χ2n) is 11.7. The molecule has 7 atom stereocenters. The van der Waals surface area contributed by atoms with Gasteiger partial charge in [0.05, 0.1) is 41.4 Å². The summed E-state index contributed by atoms with van der Waals surface area (Å²) < 4.78 is 12.0. The number of hydrogen-bond acceptors (Lipinski definition) is 9. The van der Waals surface area contributed by atoms with E-state index in [0.29, 0.717) is 13.0 Å². The van der Waals surface area contributed by atoms with E-state index < -0.39 is 35.6 Å². The Kier molecular flexibility index (Phi) is 9.72. The highest BCUT2D eigenvalue weighted by Gasteiger charge is 2.53. The Morgan fingerprint density at radius 2 is 1.97 bits per heavy atom. The lowest BCUT2D eigenvalue weighted by molar-refractivity contribution is -0.154. The monoisotopic (exact) mass is 536 g/mol. The number of aliphatic hydroxyl groups is 2. The number of esters is 1. The fourth-order valence-electron chi connectivity index (χ4n) is 5.24. The minimum atomic E-state index is -1.24. The van der Waals surface area contributed by atoms with Gasteiger partial charge in [-0.1, -0.05) is 34.1 Å². The summed E-state index contributed by atoms with van der Waals surface area (Å²) >= 11 is 1.57. The van der Waals surface area contributed by atoms with Crippen LogP contribution in [0.1, 0.15) is 84.3 Å². The van der Waals surface area contributed by atoms with E-state index in [2.05, 4.69) is 17.2 Å². The summed E-state index contributed by atoms with van der Waals surface area (Å²) in [6, 6.07) is 0. The number of aromatic nitrogens is 1. The minimum absolute atomic E-state index is 0.0565. The van der Waals surface area contributed by atoms with Gasteiger partial charge in [0.15, 0.2) is 0 Å². The largest absolute Gasteiger partial charge is 0.458 e. The number of aliphatic hydroxyl groups excluding tert-OH is 2. The van der Waals surface area contributed by atoms with Crippen LogP contribution >= 0.6 is 11.3 Å². The van der Waals surface area contributed by atoms with Crippen LogP contribution in [-0.4, -0.2) is 64.0 Å². The molecule has 1 aromatic heterocycles. The summed E-state index contributed by atoms with van der Waals surface area (Å²) in [7, 11) is 1.87. The van der Waals surface area contributed by atoms with Gasteiger partial charge in [-0.05, 0) is 51.3 Å². The number of thiazole rings is 1. The Bertz CT molecular complexity index is 991. The SMILES string of the molecule is CNCc1nc(C=C(C)[C@@H]2C[C@@H]3O[C@]3(C)CCC[C@H](C)[C@H](O)[C@@H](C)C(=O)C(C)(C)[C@@H](O)CC(=O)O2)cs1. The molecular formula is C28H44N2O6S. The molecule has 0 unspecified atom stereocenters. The molecule has 0 aliphatic carbocycles. The molecule has 2 saturated heterocycles. The number of rotatable bonds is 4. The zero-order valence-electron chi connectivity index (χ0n) is 23.2. The second-order valence-corrected chi connectivity index (χ2v) is 12.6. The molecule has 208 valence electrons. The third-order valence-electron chi connectivity index (χ3n) is 8.19. The molecule has 3 N–H and O–H groups in total. The predicted molar refractivity (Wildman–Crippen MR) is 144 cm³/mol. The number of carbonyl (C=O) groups excluding carboxylic acids is 2. The average molecular weight is 537 g/mol. The zero-order valence-corrected chi connectivity index (χ0v) is 24.1. The third kappa shape index (κ3) is 7.26. The van der Waals surface area contributed by atoms with E-state index in [-0.39, 0.29) is 29.8 Å². The molecule has 3 rings (SSSR count). The lowest BCUT2D eigenvalue weighted by Gasteiger charge is -2.34. The Morgan fingerprint density at radius 3 is 2.65 bits per heavy atom. The van der Waals surface area contributed by atoms with Crippen molar-refractivity contribution in [3.63, 3.8) is 0 Å². The van der Waals surface area contributed by atoms with Gasteiger partial charge in [-0.3, -0.25) is 9.59 Å². The van der Waals surface area contributed by atoms with Gasteiger partial charge in [0.25, 0.3) is 0 Å². The molecule has 3 heterocycles. The van der Waals surface area contributed by atoms with Crippen molar-refractivity contribution in [3.05, 3.63) is 21.7 Å². The number of nitrogens with one attached hydrogen (secondary N) is 1. The van der Waals surface area contributed by atoms with Crippen LogP contribution in [0.4, 0.5) is 0 Å². The van der Waals surface area contributed by atoms with Crippen molar-refractivity contribution in [2.45, 2.75) is 110 Å². The smallest absolute Gasteiger partial charge is 0.309 e. The van der Waals surface area contributed by atoms with Crippen molar-refractivity contribution in [2.75, 3.05) is 7.05 Å². The molecule has 0 aromatic carbocycles. The standard InChI is InChI=1S/C28H44N2O6S/c1-16-9-8-10-28(6)22(36-28)12-20(17(2)11-19-15-37-23(30-19)14-29-7)35-24(32)13-21(31)27(4,5)26(34)18(3)25(16)33/h11,15-16,18,20-22,25,29,31,33H,8-10,12-14H2,1-7H3/t16-,18+,20-,21-,22-,25-,28+/m0/s1. The zero-order chi connectivity index (χ0) is 27.5. The van der Waals surface area contributed by atoms with E-state index in [9.17, 15) is 19.8 Å². The Balaban J connectivity index is 1.84. The van der Waals surface area contributed by atoms with Gasteiger partial charge in [0.2, 0.25) is 0 Å². The number of Topliss-reactive ketones (excluding diaryl/α,β-unsaturated/α-hetero) is 1. The van der Waals surface area contributed by atoms with E-state index in [4.69, 9.17) is 9.47 Å². The van der Waals surface area contributed by atoms with Crippen LogP contribution in [0.2, 0.25) is 0 Å². The van der Waals surface area contributed by atoms with Crippen LogP contribution in [0.5, 0.6) is 0 Å². The van der Waals surface area contributed by atoms with Gasteiger partial charge < -0.3 is 25.0 Å². The van der Waals surface area contributed by atoms with Crippen LogP contribution in [0, 0.1) is 17.3 Å². The highest BCUT2D eigenvalue weighted by Crippen LogP contribution is 2.45. The Morgan fingerprint density at radius 1 is 1.27 bits per heavy atom.